The van der Waals surface area contributed by atoms with Crippen molar-refractivity contribution in [1.29, 1.82) is 0 Å². The van der Waals surface area contributed by atoms with Crippen LogP contribution >= 0.6 is 11.6 Å². The van der Waals surface area contributed by atoms with Crippen LogP contribution in [0.25, 0.3) is 0 Å². The van der Waals surface area contributed by atoms with E-state index in [0.29, 0.717) is 22.0 Å². The van der Waals surface area contributed by atoms with E-state index >= 15 is 0 Å². The zero-order chi connectivity index (χ0) is 29.2. The molecule has 1 saturated carbocycles. The Bertz CT molecular complexity index is 1450. The molecule has 0 heterocycles. The van der Waals surface area contributed by atoms with E-state index in [9.17, 15) is 18.0 Å². The molecule has 0 aromatic heterocycles. The van der Waals surface area contributed by atoms with Crippen molar-refractivity contribution in [2.45, 2.75) is 44.7 Å². The van der Waals surface area contributed by atoms with Crippen molar-refractivity contribution in [1.82, 2.24) is 10.7 Å². The number of hydrogen-bond acceptors (Lipinski definition) is 6. The maximum atomic E-state index is 12.6. The average molecular weight is 597 g/mol. The molecule has 0 unspecified atom stereocenters. The number of benzene rings is 3. The lowest BCUT2D eigenvalue weighted by molar-refractivity contribution is -0.124. The Labute approximate surface area is 245 Å². The summed E-state index contributed by atoms with van der Waals surface area (Å²) < 4.78 is 31.7. The molecule has 1 aliphatic rings. The topological polar surface area (TPSA) is 117 Å². The second-order valence-corrected chi connectivity index (χ2v) is 12.2. The standard InChI is InChI=1S/C30H33ClN4O5S/c1-41(38,39)35(20-23-7-13-25(31)14-8-23)27-15-11-24(12-16-27)30(37)34-32-19-22-9-17-28(18-10-22)40-21-29(36)33-26-5-3-2-4-6-26/h7-19,26H,2-6,20-21H2,1H3,(H,33,36)(H,34,37)/b32-19-. The van der Waals surface area contributed by atoms with Crippen molar-refractivity contribution in [2.75, 3.05) is 17.2 Å². The molecule has 4 rings (SSSR count). The van der Waals surface area contributed by atoms with Crippen LogP contribution < -0.4 is 19.8 Å². The van der Waals surface area contributed by atoms with Crippen LogP contribution in [0.5, 0.6) is 5.75 Å². The van der Waals surface area contributed by atoms with Crippen molar-refractivity contribution < 1.29 is 22.7 Å². The fourth-order valence-electron chi connectivity index (χ4n) is 4.48. The minimum absolute atomic E-state index is 0.0398. The second kappa shape index (κ2) is 14.1. The Kier molecular flexibility index (Phi) is 10.4. The third kappa shape index (κ3) is 9.33. The number of sulfonamides is 1. The molecule has 2 amide bonds. The Hall–Kier alpha value is -3.89. The van der Waals surface area contributed by atoms with Gasteiger partial charge in [0.1, 0.15) is 5.75 Å². The van der Waals surface area contributed by atoms with Gasteiger partial charge in [0.15, 0.2) is 6.61 Å². The number of hydrazone groups is 1. The highest BCUT2D eigenvalue weighted by molar-refractivity contribution is 7.92. The van der Waals surface area contributed by atoms with E-state index in [1.807, 2.05) is 0 Å². The van der Waals surface area contributed by atoms with Gasteiger partial charge in [-0.05, 0) is 84.6 Å². The molecule has 0 bridgehead atoms. The maximum absolute atomic E-state index is 12.6. The molecule has 0 radical (unpaired) electrons. The van der Waals surface area contributed by atoms with E-state index in [0.717, 1.165) is 43.1 Å². The molecule has 1 aliphatic carbocycles. The number of nitrogens with one attached hydrogen (secondary N) is 2. The molecule has 0 atom stereocenters. The molecule has 0 aliphatic heterocycles. The van der Waals surface area contributed by atoms with Gasteiger partial charge in [0.25, 0.3) is 11.8 Å². The normalized spacial score (nSPS) is 14.0. The number of halogens is 1. The molecule has 216 valence electrons. The molecule has 11 heteroatoms. The molecule has 0 saturated heterocycles. The number of carbonyl (C=O) groups excluding carboxylic acids is 2. The number of carbonyl (C=O) groups is 2. The van der Waals surface area contributed by atoms with Gasteiger partial charge in [0, 0.05) is 16.6 Å². The Balaban J connectivity index is 1.27. The fourth-order valence-corrected chi connectivity index (χ4v) is 5.49. The first-order valence-electron chi connectivity index (χ1n) is 13.4. The molecule has 0 spiro atoms. The molecule has 2 N–H and O–H groups in total. The van der Waals surface area contributed by atoms with E-state index in [4.69, 9.17) is 16.3 Å². The maximum Gasteiger partial charge on any atom is 0.271 e. The highest BCUT2D eigenvalue weighted by Crippen LogP contribution is 2.22. The summed E-state index contributed by atoms with van der Waals surface area (Å²) in [6.07, 6.45) is 8.20. The van der Waals surface area contributed by atoms with Crippen LogP contribution in [0.1, 0.15) is 53.6 Å². The van der Waals surface area contributed by atoms with Gasteiger partial charge in [-0.25, -0.2) is 13.8 Å². The van der Waals surface area contributed by atoms with Crippen LogP contribution in [0.2, 0.25) is 5.02 Å². The number of anilines is 1. The predicted octanol–water partition coefficient (Wildman–Crippen LogP) is 4.90. The SMILES string of the molecule is CS(=O)(=O)N(Cc1ccc(Cl)cc1)c1ccc(C(=O)N/N=C\c2ccc(OCC(=O)NC3CCCCC3)cc2)cc1. The van der Waals surface area contributed by atoms with Crippen LogP contribution in [0, 0.1) is 0 Å². The van der Waals surface area contributed by atoms with Crippen LogP contribution in [-0.4, -0.2) is 45.4 Å². The van der Waals surface area contributed by atoms with Crippen LogP contribution in [0.4, 0.5) is 5.69 Å². The zero-order valence-electron chi connectivity index (χ0n) is 22.8. The fraction of sp³-hybridized carbons (Fsp3) is 0.300. The lowest BCUT2D eigenvalue weighted by atomic mass is 9.95. The van der Waals surface area contributed by atoms with Gasteiger partial charge in [-0.1, -0.05) is 43.0 Å². The minimum atomic E-state index is -3.57. The summed E-state index contributed by atoms with van der Waals surface area (Å²) in [7, 11) is -3.57. The smallest absolute Gasteiger partial charge is 0.271 e. The summed E-state index contributed by atoms with van der Waals surface area (Å²) in [6, 6.07) is 20.4. The number of hydrogen-bond donors (Lipinski definition) is 2. The van der Waals surface area contributed by atoms with Gasteiger partial charge in [-0.3, -0.25) is 13.9 Å². The van der Waals surface area contributed by atoms with Gasteiger partial charge >= 0.3 is 0 Å². The molecule has 3 aromatic rings. The van der Waals surface area contributed by atoms with Gasteiger partial charge in [0.2, 0.25) is 10.0 Å². The Morgan fingerprint density at radius 2 is 1.63 bits per heavy atom. The van der Waals surface area contributed by atoms with E-state index < -0.39 is 15.9 Å². The van der Waals surface area contributed by atoms with Crippen molar-refractivity contribution in [3.63, 3.8) is 0 Å². The molecule has 41 heavy (non-hydrogen) atoms. The number of nitrogens with zero attached hydrogens (tertiary/aromatic N) is 2. The first kappa shape index (κ1) is 30.1. The predicted molar refractivity (Wildman–Crippen MR) is 161 cm³/mol. The summed E-state index contributed by atoms with van der Waals surface area (Å²) in [5.41, 5.74) is 4.72. The Morgan fingerprint density at radius 1 is 0.976 bits per heavy atom. The highest BCUT2D eigenvalue weighted by Gasteiger charge is 2.19. The van der Waals surface area contributed by atoms with E-state index in [1.54, 1.807) is 60.7 Å². The van der Waals surface area contributed by atoms with Crippen LogP contribution in [-0.2, 0) is 21.4 Å². The van der Waals surface area contributed by atoms with Gasteiger partial charge in [-0.15, -0.1) is 0 Å². The van der Waals surface area contributed by atoms with Crippen LogP contribution in [0.15, 0.2) is 77.9 Å². The third-order valence-corrected chi connectivity index (χ3v) is 8.05. The van der Waals surface area contributed by atoms with Gasteiger partial charge in [0.05, 0.1) is 24.7 Å². The second-order valence-electron chi connectivity index (χ2n) is 9.90. The summed E-state index contributed by atoms with van der Waals surface area (Å²) in [5, 5.41) is 7.58. The molecular formula is C30H33ClN4O5S. The molecule has 3 aromatic carbocycles. The summed E-state index contributed by atoms with van der Waals surface area (Å²) in [6.45, 7) is 0.0885. The van der Waals surface area contributed by atoms with Crippen molar-refractivity contribution >= 4 is 45.3 Å². The average Bonchev–Trinajstić information content (AvgIpc) is 2.96. The van der Waals surface area contributed by atoms with E-state index in [2.05, 4.69) is 15.8 Å². The lowest BCUT2D eigenvalue weighted by Gasteiger charge is -2.22. The molecule has 1 fully saturated rings. The largest absolute Gasteiger partial charge is 0.484 e. The quantitative estimate of drug-likeness (QED) is 0.241. The monoisotopic (exact) mass is 596 g/mol. The van der Waals surface area contributed by atoms with Crippen molar-refractivity contribution in [3.8, 4) is 5.75 Å². The zero-order valence-corrected chi connectivity index (χ0v) is 24.3. The highest BCUT2D eigenvalue weighted by atomic mass is 35.5. The number of ether oxygens (including phenoxy) is 1. The summed E-state index contributed by atoms with van der Waals surface area (Å²) in [4.78, 5) is 24.7. The van der Waals surface area contributed by atoms with Crippen LogP contribution in [0.3, 0.4) is 0 Å². The molecule has 9 nitrogen and oxygen atoms in total. The van der Waals surface area contributed by atoms with E-state index in [-0.39, 0.29) is 25.1 Å². The summed E-state index contributed by atoms with van der Waals surface area (Å²) >= 11 is 5.93. The van der Waals surface area contributed by atoms with Gasteiger partial charge < -0.3 is 10.1 Å². The van der Waals surface area contributed by atoms with Gasteiger partial charge in [-0.2, -0.15) is 5.10 Å². The van der Waals surface area contributed by atoms with E-state index in [1.165, 1.54) is 29.1 Å². The first-order chi connectivity index (χ1) is 19.7. The lowest BCUT2D eigenvalue weighted by Crippen LogP contribution is -2.38. The third-order valence-electron chi connectivity index (χ3n) is 6.66. The summed E-state index contributed by atoms with van der Waals surface area (Å²) in [5.74, 6) is -0.00604. The van der Waals surface area contributed by atoms with Crippen molar-refractivity contribution in [2.24, 2.45) is 5.10 Å². The minimum Gasteiger partial charge on any atom is -0.484 e. The number of amides is 2. The first-order valence-corrected chi connectivity index (χ1v) is 15.6. The van der Waals surface area contributed by atoms with Crippen molar-refractivity contribution in [3.05, 3.63) is 94.5 Å². The Morgan fingerprint density at radius 3 is 2.27 bits per heavy atom. The number of rotatable bonds is 11. The molecular weight excluding hydrogens is 564 g/mol.